The van der Waals surface area contributed by atoms with Crippen LogP contribution in [0.5, 0.6) is 0 Å². The zero-order valence-electron chi connectivity index (χ0n) is 12.6. The monoisotopic (exact) mass is 350 g/mol. The molecule has 2 aromatic carbocycles. The van der Waals surface area contributed by atoms with Crippen LogP contribution in [0.3, 0.4) is 0 Å². The summed E-state index contributed by atoms with van der Waals surface area (Å²) in [6.45, 7) is 0. The van der Waals surface area contributed by atoms with Crippen LogP contribution in [0.2, 0.25) is 0 Å². The van der Waals surface area contributed by atoms with Crippen molar-refractivity contribution in [3.8, 4) is 0 Å². The number of aliphatic carboxylic acids is 1. The summed E-state index contributed by atoms with van der Waals surface area (Å²) in [5, 5.41) is 22.2. The first-order valence-corrected chi connectivity index (χ1v) is 7.00. The maximum absolute atomic E-state index is 13.3. The molecule has 0 aliphatic rings. The number of nitrogens with one attached hydrogen (secondary N) is 1. The lowest BCUT2D eigenvalue weighted by Crippen LogP contribution is -2.42. The molecule has 0 heterocycles. The number of benzene rings is 2. The molecule has 0 radical (unpaired) electrons. The molecule has 0 spiro atoms. The van der Waals surface area contributed by atoms with E-state index in [4.69, 9.17) is 0 Å². The highest BCUT2D eigenvalue weighted by Gasteiger charge is 2.23. The van der Waals surface area contributed by atoms with Crippen LogP contribution in [-0.2, 0) is 11.2 Å². The topological polar surface area (TPSA) is 110 Å². The fraction of sp³-hybridized carbons (Fsp3) is 0.125. The first kappa shape index (κ1) is 18.0. The molecule has 9 heteroatoms. The molecule has 25 heavy (non-hydrogen) atoms. The van der Waals surface area contributed by atoms with Crippen molar-refractivity contribution in [1.82, 2.24) is 5.32 Å². The van der Waals surface area contributed by atoms with Gasteiger partial charge < -0.3 is 10.4 Å². The first-order valence-electron chi connectivity index (χ1n) is 7.00. The molecule has 130 valence electrons. The van der Waals surface area contributed by atoms with Crippen molar-refractivity contribution in [3.05, 3.63) is 75.3 Å². The van der Waals surface area contributed by atoms with Gasteiger partial charge in [0.05, 0.1) is 4.92 Å². The Hall–Kier alpha value is -3.36. The molecule has 0 saturated carbocycles. The van der Waals surface area contributed by atoms with Crippen molar-refractivity contribution in [3.63, 3.8) is 0 Å². The SMILES string of the molecule is O=C(N[C@H](Cc1ccc(F)c([N+](=O)[O-])c1)C(=O)O)c1ccc(F)cc1. The van der Waals surface area contributed by atoms with E-state index in [1.165, 1.54) is 18.2 Å². The van der Waals surface area contributed by atoms with Gasteiger partial charge in [-0.15, -0.1) is 0 Å². The lowest BCUT2D eigenvalue weighted by molar-refractivity contribution is -0.387. The van der Waals surface area contributed by atoms with Gasteiger partial charge in [-0.3, -0.25) is 14.9 Å². The van der Waals surface area contributed by atoms with Gasteiger partial charge in [0.1, 0.15) is 11.9 Å². The van der Waals surface area contributed by atoms with Crippen molar-refractivity contribution in [2.75, 3.05) is 0 Å². The van der Waals surface area contributed by atoms with Crippen molar-refractivity contribution in [2.24, 2.45) is 0 Å². The van der Waals surface area contributed by atoms with Crippen LogP contribution in [0.25, 0.3) is 0 Å². The maximum Gasteiger partial charge on any atom is 0.326 e. The fourth-order valence-electron chi connectivity index (χ4n) is 2.10. The maximum atomic E-state index is 13.3. The highest BCUT2D eigenvalue weighted by Crippen LogP contribution is 2.19. The van der Waals surface area contributed by atoms with Crippen LogP contribution in [-0.4, -0.2) is 27.9 Å². The van der Waals surface area contributed by atoms with Gasteiger partial charge in [0.2, 0.25) is 5.82 Å². The Morgan fingerprint density at radius 3 is 2.36 bits per heavy atom. The van der Waals surface area contributed by atoms with E-state index in [-0.39, 0.29) is 17.5 Å². The Balaban J connectivity index is 2.17. The minimum absolute atomic E-state index is 0.0535. The third-order valence-electron chi connectivity index (χ3n) is 3.36. The summed E-state index contributed by atoms with van der Waals surface area (Å²) in [5.41, 5.74) is -0.566. The van der Waals surface area contributed by atoms with Crippen LogP contribution in [0.1, 0.15) is 15.9 Å². The number of nitrogens with zero attached hydrogens (tertiary/aromatic N) is 1. The van der Waals surface area contributed by atoms with E-state index in [0.717, 1.165) is 24.3 Å². The summed E-state index contributed by atoms with van der Waals surface area (Å²) in [6.07, 6.45) is -0.288. The minimum Gasteiger partial charge on any atom is -0.480 e. The lowest BCUT2D eigenvalue weighted by Gasteiger charge is -2.14. The summed E-state index contributed by atoms with van der Waals surface area (Å²) >= 11 is 0. The van der Waals surface area contributed by atoms with Crippen LogP contribution in [0, 0.1) is 21.7 Å². The number of carbonyl (C=O) groups excluding carboxylic acids is 1. The van der Waals surface area contributed by atoms with E-state index < -0.39 is 40.2 Å². The lowest BCUT2D eigenvalue weighted by atomic mass is 10.0. The molecular weight excluding hydrogens is 338 g/mol. The fourth-order valence-corrected chi connectivity index (χ4v) is 2.10. The molecule has 0 unspecified atom stereocenters. The van der Waals surface area contributed by atoms with E-state index in [1.807, 2.05) is 0 Å². The number of nitro groups is 1. The minimum atomic E-state index is -1.40. The van der Waals surface area contributed by atoms with Crippen LogP contribution in [0.4, 0.5) is 14.5 Å². The number of hydrogen-bond donors (Lipinski definition) is 2. The zero-order chi connectivity index (χ0) is 18.6. The standard InChI is InChI=1S/C16H12F2N2O5/c17-11-4-2-10(3-5-11)15(21)19-13(16(22)23)7-9-1-6-12(18)14(8-9)20(24)25/h1-6,8,13H,7H2,(H,19,21)(H,22,23)/t13-/m1/s1. The molecule has 0 bridgehead atoms. The predicted octanol–water partition coefficient (Wildman–Crippen LogP) is 2.30. The Labute approximate surface area is 140 Å². The van der Waals surface area contributed by atoms with E-state index in [0.29, 0.717) is 0 Å². The Morgan fingerprint density at radius 2 is 1.80 bits per heavy atom. The number of carboxylic acid groups (broad SMARTS) is 1. The molecule has 2 rings (SSSR count). The van der Waals surface area contributed by atoms with E-state index in [2.05, 4.69) is 5.32 Å². The van der Waals surface area contributed by atoms with Gasteiger partial charge >= 0.3 is 11.7 Å². The average Bonchev–Trinajstić information content (AvgIpc) is 2.56. The smallest absolute Gasteiger partial charge is 0.326 e. The van der Waals surface area contributed by atoms with Gasteiger partial charge in [0.15, 0.2) is 0 Å². The number of halogens is 2. The van der Waals surface area contributed by atoms with E-state index in [9.17, 15) is 33.6 Å². The van der Waals surface area contributed by atoms with Crippen LogP contribution in [0.15, 0.2) is 42.5 Å². The molecule has 1 atom stereocenters. The second kappa shape index (κ2) is 7.47. The van der Waals surface area contributed by atoms with Crippen molar-refractivity contribution in [2.45, 2.75) is 12.5 Å². The van der Waals surface area contributed by atoms with Gasteiger partial charge in [0, 0.05) is 18.1 Å². The summed E-state index contributed by atoms with van der Waals surface area (Å²) < 4.78 is 26.2. The summed E-state index contributed by atoms with van der Waals surface area (Å²) in [4.78, 5) is 33.2. The van der Waals surface area contributed by atoms with Crippen molar-refractivity contribution >= 4 is 17.6 Å². The average molecular weight is 350 g/mol. The highest BCUT2D eigenvalue weighted by atomic mass is 19.1. The number of carboxylic acids is 1. The highest BCUT2D eigenvalue weighted by molar-refractivity contribution is 5.96. The Kier molecular flexibility index (Phi) is 5.38. The molecular formula is C16H12F2N2O5. The summed E-state index contributed by atoms with van der Waals surface area (Å²) in [7, 11) is 0. The quantitative estimate of drug-likeness (QED) is 0.614. The number of hydrogen-bond acceptors (Lipinski definition) is 4. The molecule has 0 aliphatic heterocycles. The number of rotatable bonds is 6. The van der Waals surface area contributed by atoms with Gasteiger partial charge in [-0.1, -0.05) is 6.07 Å². The molecule has 1 amide bonds. The van der Waals surface area contributed by atoms with E-state index in [1.54, 1.807) is 0 Å². The third kappa shape index (κ3) is 4.56. The van der Waals surface area contributed by atoms with Gasteiger partial charge in [0.25, 0.3) is 5.91 Å². The summed E-state index contributed by atoms with van der Waals surface area (Å²) in [5.74, 6) is -3.72. The number of carbonyl (C=O) groups is 2. The second-order valence-corrected chi connectivity index (χ2v) is 5.12. The number of nitro benzene ring substituents is 1. The molecule has 2 N–H and O–H groups in total. The predicted molar refractivity (Wildman–Crippen MR) is 82.0 cm³/mol. The van der Waals surface area contributed by atoms with E-state index >= 15 is 0 Å². The zero-order valence-corrected chi connectivity index (χ0v) is 12.6. The Morgan fingerprint density at radius 1 is 1.16 bits per heavy atom. The molecule has 7 nitrogen and oxygen atoms in total. The number of amides is 1. The van der Waals surface area contributed by atoms with Gasteiger partial charge in [-0.2, -0.15) is 4.39 Å². The molecule has 0 fully saturated rings. The summed E-state index contributed by atoms with van der Waals surface area (Å²) in [6, 6.07) is 6.04. The van der Waals surface area contributed by atoms with Crippen LogP contribution < -0.4 is 5.32 Å². The first-order chi connectivity index (χ1) is 11.8. The molecule has 2 aromatic rings. The van der Waals surface area contributed by atoms with Crippen molar-refractivity contribution < 1.29 is 28.4 Å². The largest absolute Gasteiger partial charge is 0.480 e. The second-order valence-electron chi connectivity index (χ2n) is 5.12. The van der Waals surface area contributed by atoms with Gasteiger partial charge in [-0.25, -0.2) is 9.18 Å². The molecule has 0 aliphatic carbocycles. The third-order valence-corrected chi connectivity index (χ3v) is 3.36. The van der Waals surface area contributed by atoms with Crippen LogP contribution >= 0.6 is 0 Å². The normalized spacial score (nSPS) is 11.6. The molecule has 0 saturated heterocycles. The Bertz CT molecular complexity index is 824. The van der Waals surface area contributed by atoms with Gasteiger partial charge in [-0.05, 0) is 35.9 Å². The molecule has 0 aromatic heterocycles. The van der Waals surface area contributed by atoms with Crippen molar-refractivity contribution in [1.29, 1.82) is 0 Å².